The molecule has 4 rings (SSSR count). The first-order chi connectivity index (χ1) is 17.0. The molecule has 7 nitrogen and oxygen atoms in total. The largest absolute Gasteiger partial charge is 0.437 e. The molecule has 3 fully saturated rings. The summed E-state index contributed by atoms with van der Waals surface area (Å²) in [5, 5.41) is 0.670. The van der Waals surface area contributed by atoms with Gasteiger partial charge in [-0.15, -0.1) is 0 Å². The number of piperidine rings is 1. The lowest BCUT2D eigenvalue weighted by atomic mass is 9.77. The fourth-order valence-corrected chi connectivity index (χ4v) is 5.59. The Balaban J connectivity index is 1.33. The zero-order chi connectivity index (χ0) is 26.1. The number of rotatable bonds is 4. The topological polar surface area (TPSA) is 56.3 Å². The quantitative estimate of drug-likeness (QED) is 0.578. The van der Waals surface area contributed by atoms with Gasteiger partial charge in [-0.05, 0) is 49.3 Å². The summed E-state index contributed by atoms with van der Waals surface area (Å²) in [7, 11) is 0. The maximum atomic E-state index is 12.7. The maximum absolute atomic E-state index is 12.7. The molecule has 36 heavy (non-hydrogen) atoms. The molecular formula is C25H34ClF3N4O3. The molecule has 3 saturated heterocycles. The number of likely N-dealkylation sites (tertiary alicyclic amines) is 1. The number of nitrogens with zero attached hydrogens (tertiary/aromatic N) is 4. The second-order valence-corrected chi connectivity index (χ2v) is 10.7. The first-order valence-electron chi connectivity index (χ1n) is 12.5. The van der Waals surface area contributed by atoms with E-state index in [0.29, 0.717) is 37.7 Å². The third-order valence-corrected chi connectivity index (χ3v) is 8.09. The van der Waals surface area contributed by atoms with Gasteiger partial charge in [0.1, 0.15) is 0 Å². The fourth-order valence-electron chi connectivity index (χ4n) is 5.42. The van der Waals surface area contributed by atoms with E-state index in [1.54, 1.807) is 6.92 Å². The number of carbonyl (C=O) groups excluding carboxylic acids is 2. The van der Waals surface area contributed by atoms with Crippen LogP contribution in [0.3, 0.4) is 0 Å². The summed E-state index contributed by atoms with van der Waals surface area (Å²) in [4.78, 5) is 31.8. The smallest absolute Gasteiger partial charge is 0.425 e. The molecule has 0 saturated carbocycles. The Morgan fingerprint density at radius 1 is 1.03 bits per heavy atom. The maximum Gasteiger partial charge on any atom is 0.425 e. The predicted molar refractivity (Wildman–Crippen MR) is 131 cm³/mol. The van der Waals surface area contributed by atoms with Crippen molar-refractivity contribution in [2.75, 3.05) is 57.3 Å². The third-order valence-electron chi connectivity index (χ3n) is 7.86. The predicted octanol–water partition coefficient (Wildman–Crippen LogP) is 4.38. The zero-order valence-corrected chi connectivity index (χ0v) is 21.6. The molecule has 0 aliphatic carbocycles. The van der Waals surface area contributed by atoms with Gasteiger partial charge in [-0.1, -0.05) is 17.7 Å². The summed E-state index contributed by atoms with van der Waals surface area (Å²) in [6, 6.07) is 5.90. The number of hydrogen-bond acceptors (Lipinski definition) is 5. The Bertz CT molecular complexity index is 960. The van der Waals surface area contributed by atoms with Crippen LogP contribution >= 0.6 is 11.6 Å². The Morgan fingerprint density at radius 3 is 2.25 bits per heavy atom. The van der Waals surface area contributed by atoms with Crippen molar-refractivity contribution in [3.8, 4) is 0 Å². The van der Waals surface area contributed by atoms with Gasteiger partial charge in [0.2, 0.25) is 5.91 Å². The van der Waals surface area contributed by atoms with Crippen molar-refractivity contribution in [2.24, 2.45) is 5.41 Å². The third kappa shape index (κ3) is 6.19. The van der Waals surface area contributed by atoms with Gasteiger partial charge in [0.25, 0.3) is 0 Å². The second-order valence-electron chi connectivity index (χ2n) is 10.3. The lowest BCUT2D eigenvalue weighted by Crippen LogP contribution is -2.49. The number of piperazine rings is 1. The summed E-state index contributed by atoms with van der Waals surface area (Å²) >= 11 is 6.36. The van der Waals surface area contributed by atoms with Crippen LogP contribution in [0.4, 0.5) is 23.7 Å². The molecule has 1 unspecified atom stereocenters. The lowest BCUT2D eigenvalue weighted by molar-refractivity contribution is -0.200. The number of halogens is 4. The van der Waals surface area contributed by atoms with E-state index in [2.05, 4.69) is 14.5 Å². The molecular weight excluding hydrogens is 497 g/mol. The van der Waals surface area contributed by atoms with Crippen LogP contribution in [0.2, 0.25) is 5.02 Å². The van der Waals surface area contributed by atoms with Crippen molar-refractivity contribution < 1.29 is 27.5 Å². The molecule has 3 heterocycles. The van der Waals surface area contributed by atoms with E-state index in [4.69, 9.17) is 11.6 Å². The van der Waals surface area contributed by atoms with Crippen molar-refractivity contribution >= 4 is 29.3 Å². The molecule has 3 aliphatic rings. The summed E-state index contributed by atoms with van der Waals surface area (Å²) in [5.41, 5.74) is 2.43. The average Bonchev–Trinajstić information content (AvgIpc) is 3.24. The summed E-state index contributed by atoms with van der Waals surface area (Å²) < 4.78 is 42.7. The Hall–Kier alpha value is -2.20. The molecule has 200 valence electrons. The normalized spacial score (nSPS) is 21.7. The van der Waals surface area contributed by atoms with Crippen LogP contribution in [0, 0.1) is 5.41 Å². The standard InChI is InChI=1S/C25H34ClF3N4O3/c1-18(25(27,28)29)36-23(35)32-13-11-30(12-14-32)16-20-3-4-21(26)15-22(20)31-8-5-24(6-9-31)7-10-33(17-24)19(2)34/h3-4,15,18H,5-14,16-17H2,1-2H3. The van der Waals surface area contributed by atoms with E-state index in [-0.39, 0.29) is 11.3 Å². The van der Waals surface area contributed by atoms with E-state index in [1.807, 2.05) is 23.1 Å². The Morgan fingerprint density at radius 2 is 1.67 bits per heavy atom. The van der Waals surface area contributed by atoms with Gasteiger partial charge in [-0.2, -0.15) is 13.2 Å². The zero-order valence-electron chi connectivity index (χ0n) is 20.8. The van der Waals surface area contributed by atoms with Crippen molar-refractivity contribution in [2.45, 2.75) is 51.9 Å². The average molecular weight is 531 g/mol. The van der Waals surface area contributed by atoms with E-state index in [9.17, 15) is 22.8 Å². The number of anilines is 1. The SMILES string of the molecule is CC(=O)N1CCC2(CCN(c3cc(Cl)ccc3CN3CCN(C(=O)OC(C)C(F)(F)F)CC3)CC2)C1. The molecule has 1 atom stereocenters. The highest BCUT2D eigenvalue weighted by atomic mass is 35.5. The van der Waals surface area contributed by atoms with Gasteiger partial charge in [0.05, 0.1) is 0 Å². The van der Waals surface area contributed by atoms with Crippen LogP contribution < -0.4 is 4.90 Å². The van der Waals surface area contributed by atoms with Gasteiger partial charge in [-0.25, -0.2) is 4.79 Å². The molecule has 3 aliphatic heterocycles. The molecule has 0 aromatic heterocycles. The van der Waals surface area contributed by atoms with Crippen LogP contribution in [0.5, 0.6) is 0 Å². The minimum atomic E-state index is -4.57. The van der Waals surface area contributed by atoms with Crippen LogP contribution in [-0.4, -0.2) is 91.3 Å². The monoisotopic (exact) mass is 530 g/mol. The number of carbonyl (C=O) groups is 2. The van der Waals surface area contributed by atoms with Gasteiger partial charge in [-0.3, -0.25) is 9.69 Å². The second kappa shape index (κ2) is 10.7. The highest BCUT2D eigenvalue weighted by Gasteiger charge is 2.42. The number of amides is 2. The molecule has 1 aromatic carbocycles. The van der Waals surface area contributed by atoms with Gasteiger partial charge < -0.3 is 19.4 Å². The molecule has 0 radical (unpaired) electrons. The number of ether oxygens (including phenoxy) is 1. The Kier molecular flexibility index (Phi) is 7.95. The number of alkyl halides is 3. The van der Waals surface area contributed by atoms with Gasteiger partial charge in [0, 0.05) is 76.5 Å². The molecule has 1 aromatic rings. The molecule has 2 amide bonds. The highest BCUT2D eigenvalue weighted by Crippen LogP contribution is 2.42. The molecule has 1 spiro atoms. The van der Waals surface area contributed by atoms with Crippen molar-refractivity contribution in [3.05, 3.63) is 28.8 Å². The van der Waals surface area contributed by atoms with E-state index >= 15 is 0 Å². The Labute approximate surface area is 215 Å². The van der Waals surface area contributed by atoms with Crippen LogP contribution in [-0.2, 0) is 16.1 Å². The minimum absolute atomic E-state index is 0.148. The first kappa shape index (κ1) is 26.9. The lowest BCUT2D eigenvalue weighted by Gasteiger charge is -2.41. The van der Waals surface area contributed by atoms with Crippen molar-refractivity contribution in [1.29, 1.82) is 0 Å². The van der Waals surface area contributed by atoms with Gasteiger partial charge >= 0.3 is 12.3 Å². The first-order valence-corrected chi connectivity index (χ1v) is 12.9. The number of hydrogen-bond donors (Lipinski definition) is 0. The van der Waals surface area contributed by atoms with Crippen molar-refractivity contribution in [1.82, 2.24) is 14.7 Å². The molecule has 0 N–H and O–H groups in total. The van der Waals surface area contributed by atoms with E-state index < -0.39 is 18.4 Å². The summed E-state index contributed by atoms with van der Waals surface area (Å²) in [6.45, 7) is 8.32. The summed E-state index contributed by atoms with van der Waals surface area (Å²) in [5.74, 6) is 0.148. The van der Waals surface area contributed by atoms with Crippen molar-refractivity contribution in [3.63, 3.8) is 0 Å². The van der Waals surface area contributed by atoms with E-state index in [0.717, 1.165) is 63.6 Å². The van der Waals surface area contributed by atoms with Crippen LogP contribution in [0.25, 0.3) is 0 Å². The van der Waals surface area contributed by atoms with Crippen LogP contribution in [0.15, 0.2) is 18.2 Å². The number of benzene rings is 1. The highest BCUT2D eigenvalue weighted by molar-refractivity contribution is 6.30. The fraction of sp³-hybridized carbons (Fsp3) is 0.680. The molecule has 0 bridgehead atoms. The minimum Gasteiger partial charge on any atom is -0.437 e. The van der Waals surface area contributed by atoms with E-state index in [1.165, 1.54) is 4.90 Å². The summed E-state index contributed by atoms with van der Waals surface area (Å²) in [6.07, 6.45) is -4.51. The molecule has 11 heteroatoms. The van der Waals surface area contributed by atoms with Gasteiger partial charge in [0.15, 0.2) is 6.10 Å². The van der Waals surface area contributed by atoms with Crippen LogP contribution in [0.1, 0.15) is 38.7 Å².